The van der Waals surface area contributed by atoms with Crippen LogP contribution < -0.4 is 4.90 Å². The number of aryl methyl sites for hydroxylation is 2. The Bertz CT molecular complexity index is 1120. The average Bonchev–Trinajstić information content (AvgIpc) is 3.21. The molecule has 7 heteroatoms. The first-order valence-electron chi connectivity index (χ1n) is 8.61. The lowest BCUT2D eigenvalue weighted by molar-refractivity contribution is 0.411. The largest absolute Gasteiger partial charge is 0.510 e. The van der Waals surface area contributed by atoms with E-state index in [-0.39, 0.29) is 18.1 Å². The monoisotopic (exact) mass is 429 g/mol. The SMILES string of the molecule is Cc1ccc(-c2csc(C3=C(O)CN(c4cc(Cl)cc(Cl)c4)C3=N)n2)cc1C. The molecule has 0 atom stereocenters. The summed E-state index contributed by atoms with van der Waals surface area (Å²) in [5, 5.41) is 22.6. The van der Waals surface area contributed by atoms with E-state index >= 15 is 0 Å². The number of halogens is 2. The van der Waals surface area contributed by atoms with Crippen LogP contribution in [0.2, 0.25) is 10.0 Å². The van der Waals surface area contributed by atoms with E-state index in [1.165, 1.54) is 22.5 Å². The third-order valence-electron chi connectivity index (χ3n) is 4.78. The quantitative estimate of drug-likeness (QED) is 0.499. The van der Waals surface area contributed by atoms with Crippen LogP contribution in [-0.4, -0.2) is 22.5 Å². The maximum atomic E-state index is 10.5. The minimum Gasteiger partial charge on any atom is -0.510 e. The summed E-state index contributed by atoms with van der Waals surface area (Å²) in [6.07, 6.45) is 0. The zero-order chi connectivity index (χ0) is 20.0. The van der Waals surface area contributed by atoms with Gasteiger partial charge >= 0.3 is 0 Å². The van der Waals surface area contributed by atoms with Crippen molar-refractivity contribution in [1.82, 2.24) is 4.98 Å². The Morgan fingerprint density at radius 2 is 1.79 bits per heavy atom. The van der Waals surface area contributed by atoms with Gasteiger partial charge in [-0.15, -0.1) is 11.3 Å². The molecule has 1 aliphatic rings. The van der Waals surface area contributed by atoms with Crippen LogP contribution in [0.1, 0.15) is 16.1 Å². The highest BCUT2D eigenvalue weighted by Crippen LogP contribution is 2.36. The van der Waals surface area contributed by atoms with E-state index < -0.39 is 0 Å². The van der Waals surface area contributed by atoms with Crippen LogP contribution in [-0.2, 0) is 0 Å². The first kappa shape index (κ1) is 19.0. The fourth-order valence-electron chi connectivity index (χ4n) is 3.14. The Balaban J connectivity index is 1.66. The van der Waals surface area contributed by atoms with Crippen LogP contribution in [0, 0.1) is 19.3 Å². The second-order valence-corrected chi connectivity index (χ2v) is 8.45. The zero-order valence-corrected chi connectivity index (χ0v) is 17.6. The van der Waals surface area contributed by atoms with Gasteiger partial charge in [0.25, 0.3) is 0 Å². The normalized spacial score (nSPS) is 14.3. The molecule has 1 aromatic heterocycles. The lowest BCUT2D eigenvalue weighted by Crippen LogP contribution is -2.26. The van der Waals surface area contributed by atoms with Crippen molar-refractivity contribution in [3.05, 3.63) is 73.7 Å². The molecule has 0 aliphatic carbocycles. The molecule has 3 aromatic rings. The molecule has 0 radical (unpaired) electrons. The third-order valence-corrected chi connectivity index (χ3v) is 6.08. The van der Waals surface area contributed by atoms with E-state index in [4.69, 9.17) is 28.6 Å². The smallest absolute Gasteiger partial charge is 0.139 e. The summed E-state index contributed by atoms with van der Waals surface area (Å²) in [5.41, 5.74) is 5.39. The molecule has 2 N–H and O–H groups in total. The predicted octanol–water partition coefficient (Wildman–Crippen LogP) is 6.50. The lowest BCUT2D eigenvalue weighted by Gasteiger charge is -2.19. The van der Waals surface area contributed by atoms with E-state index in [9.17, 15) is 5.11 Å². The highest BCUT2D eigenvalue weighted by atomic mass is 35.5. The van der Waals surface area contributed by atoms with Gasteiger partial charge in [0.05, 0.1) is 17.8 Å². The molecule has 142 valence electrons. The topological polar surface area (TPSA) is 60.2 Å². The fourth-order valence-corrected chi connectivity index (χ4v) is 4.55. The van der Waals surface area contributed by atoms with Crippen LogP contribution in [0.5, 0.6) is 0 Å². The number of rotatable bonds is 3. The molecule has 28 heavy (non-hydrogen) atoms. The molecule has 0 spiro atoms. The molecule has 2 aromatic carbocycles. The average molecular weight is 430 g/mol. The maximum absolute atomic E-state index is 10.5. The summed E-state index contributed by atoms with van der Waals surface area (Å²) in [7, 11) is 0. The summed E-state index contributed by atoms with van der Waals surface area (Å²) in [6.45, 7) is 4.33. The van der Waals surface area contributed by atoms with Gasteiger partial charge < -0.3 is 10.0 Å². The van der Waals surface area contributed by atoms with Gasteiger partial charge in [0.1, 0.15) is 16.6 Å². The number of hydrogen-bond acceptors (Lipinski definition) is 4. The summed E-state index contributed by atoms with van der Waals surface area (Å²) < 4.78 is 0. The second-order valence-electron chi connectivity index (χ2n) is 6.72. The molecule has 0 amide bonds. The van der Waals surface area contributed by atoms with E-state index in [1.54, 1.807) is 23.1 Å². The van der Waals surface area contributed by atoms with Gasteiger partial charge in [-0.2, -0.15) is 0 Å². The zero-order valence-electron chi connectivity index (χ0n) is 15.3. The Kier molecular flexibility index (Phi) is 4.91. The first-order valence-corrected chi connectivity index (χ1v) is 10.2. The number of thiazole rings is 1. The highest BCUT2D eigenvalue weighted by molar-refractivity contribution is 7.11. The number of aliphatic hydroxyl groups is 1. The Hall–Kier alpha value is -2.34. The molecule has 0 unspecified atom stereocenters. The van der Waals surface area contributed by atoms with Gasteiger partial charge in [-0.25, -0.2) is 4.98 Å². The molecule has 0 fully saturated rings. The minimum absolute atomic E-state index is 0.113. The molecule has 1 aliphatic heterocycles. The molecule has 4 rings (SSSR count). The Morgan fingerprint density at radius 3 is 2.46 bits per heavy atom. The van der Waals surface area contributed by atoms with Crippen LogP contribution in [0.15, 0.2) is 47.5 Å². The summed E-state index contributed by atoms with van der Waals surface area (Å²) in [6, 6.07) is 11.3. The van der Waals surface area contributed by atoms with Crippen molar-refractivity contribution in [3.63, 3.8) is 0 Å². The predicted molar refractivity (Wildman–Crippen MR) is 118 cm³/mol. The number of hydrogen-bond donors (Lipinski definition) is 2. The standard InChI is InChI=1S/C21H17Cl2N3OS/c1-11-3-4-13(5-12(11)2)17-10-28-21(25-17)19-18(27)9-26(20(19)24)16-7-14(22)6-15(23)8-16/h3-8,10,24,27H,9H2,1-2H3. The van der Waals surface area contributed by atoms with Crippen molar-refractivity contribution in [3.8, 4) is 11.3 Å². The van der Waals surface area contributed by atoms with Crippen LogP contribution >= 0.6 is 34.5 Å². The number of aliphatic hydroxyl groups excluding tert-OH is 1. The lowest BCUT2D eigenvalue weighted by atomic mass is 10.1. The fraction of sp³-hybridized carbons (Fsp3) is 0.143. The van der Waals surface area contributed by atoms with E-state index in [1.807, 2.05) is 11.4 Å². The first-order chi connectivity index (χ1) is 13.3. The highest BCUT2D eigenvalue weighted by Gasteiger charge is 2.31. The number of amidine groups is 1. The van der Waals surface area contributed by atoms with E-state index in [2.05, 4.69) is 31.0 Å². The summed E-state index contributed by atoms with van der Waals surface area (Å²) >= 11 is 13.6. The number of anilines is 1. The van der Waals surface area contributed by atoms with Crippen LogP contribution in [0.4, 0.5) is 5.69 Å². The van der Waals surface area contributed by atoms with E-state index in [0.29, 0.717) is 26.3 Å². The molecule has 4 nitrogen and oxygen atoms in total. The van der Waals surface area contributed by atoms with Gasteiger partial charge in [0.2, 0.25) is 0 Å². The molecular weight excluding hydrogens is 413 g/mol. The van der Waals surface area contributed by atoms with Gasteiger partial charge in [0.15, 0.2) is 0 Å². The van der Waals surface area contributed by atoms with Crippen LogP contribution in [0.25, 0.3) is 16.8 Å². The molecule has 0 saturated carbocycles. The van der Waals surface area contributed by atoms with Crippen molar-refractivity contribution < 1.29 is 5.11 Å². The van der Waals surface area contributed by atoms with Gasteiger partial charge in [0, 0.05) is 26.7 Å². The van der Waals surface area contributed by atoms with E-state index in [0.717, 1.165) is 11.3 Å². The number of benzene rings is 2. The number of nitrogens with zero attached hydrogens (tertiary/aromatic N) is 2. The summed E-state index contributed by atoms with van der Waals surface area (Å²) in [4.78, 5) is 6.34. The number of nitrogens with one attached hydrogen (secondary N) is 1. The third kappa shape index (κ3) is 3.41. The van der Waals surface area contributed by atoms with Crippen molar-refractivity contribution in [1.29, 1.82) is 5.41 Å². The second kappa shape index (κ2) is 7.24. The molecule has 0 saturated heterocycles. The maximum Gasteiger partial charge on any atom is 0.139 e. The van der Waals surface area contributed by atoms with Crippen molar-refractivity contribution in [2.75, 3.05) is 11.4 Å². The molecule has 2 heterocycles. The van der Waals surface area contributed by atoms with Gasteiger partial charge in [-0.05, 0) is 49.2 Å². The van der Waals surface area contributed by atoms with Crippen molar-refractivity contribution >= 4 is 51.6 Å². The van der Waals surface area contributed by atoms with Crippen molar-refractivity contribution in [2.24, 2.45) is 0 Å². The number of aromatic nitrogens is 1. The van der Waals surface area contributed by atoms with Crippen molar-refractivity contribution in [2.45, 2.75) is 13.8 Å². The van der Waals surface area contributed by atoms with Crippen LogP contribution in [0.3, 0.4) is 0 Å². The van der Waals surface area contributed by atoms with Gasteiger partial charge in [-0.3, -0.25) is 5.41 Å². The Labute approximate surface area is 177 Å². The Morgan fingerprint density at radius 1 is 1.07 bits per heavy atom. The molecular formula is C21H17Cl2N3OS. The minimum atomic E-state index is 0.113. The molecule has 0 bridgehead atoms. The summed E-state index contributed by atoms with van der Waals surface area (Å²) in [5.74, 6) is 0.291. The van der Waals surface area contributed by atoms with Gasteiger partial charge in [-0.1, -0.05) is 35.3 Å².